The van der Waals surface area contributed by atoms with Crippen LogP contribution in [0.4, 0.5) is 19.0 Å². The van der Waals surface area contributed by atoms with Crippen molar-refractivity contribution in [2.75, 3.05) is 18.9 Å². The van der Waals surface area contributed by atoms with Crippen molar-refractivity contribution in [2.45, 2.75) is 12.1 Å². The molecule has 0 unspecified atom stereocenters. The van der Waals surface area contributed by atoms with E-state index in [-0.39, 0.29) is 17.9 Å². The molecule has 1 aromatic heterocycles. The summed E-state index contributed by atoms with van der Waals surface area (Å²) < 4.78 is 38.2. The minimum absolute atomic E-state index is 0.0658. The Labute approximate surface area is 151 Å². The molecule has 2 amide bonds. The predicted molar refractivity (Wildman–Crippen MR) is 87.2 cm³/mol. The number of aromatic amines is 1. The third-order valence-corrected chi connectivity index (χ3v) is 4.47. The summed E-state index contributed by atoms with van der Waals surface area (Å²) in [4.78, 5) is 26.4. The van der Waals surface area contributed by atoms with Crippen molar-refractivity contribution < 1.29 is 22.8 Å². The van der Waals surface area contributed by atoms with Gasteiger partial charge < -0.3 is 10.2 Å². The largest absolute Gasteiger partial charge is 0.416 e. The first-order chi connectivity index (χ1) is 12.7. The average Bonchev–Trinajstić information content (AvgIpc) is 3.18. The van der Waals surface area contributed by atoms with Crippen LogP contribution in [0.5, 0.6) is 0 Å². The second-order valence-electron chi connectivity index (χ2n) is 6.18. The van der Waals surface area contributed by atoms with Crippen LogP contribution in [0.1, 0.15) is 22.6 Å². The summed E-state index contributed by atoms with van der Waals surface area (Å²) >= 11 is 0. The number of nitrogens with one attached hydrogen (secondary N) is 2. The highest BCUT2D eigenvalue weighted by atomic mass is 19.4. The van der Waals surface area contributed by atoms with E-state index in [4.69, 9.17) is 5.26 Å². The van der Waals surface area contributed by atoms with Gasteiger partial charge in [0.2, 0.25) is 11.8 Å². The Morgan fingerprint density at radius 1 is 1.37 bits per heavy atom. The number of hydrogen-bond acceptors (Lipinski definition) is 4. The molecule has 0 bridgehead atoms. The van der Waals surface area contributed by atoms with E-state index < -0.39 is 35.4 Å². The third kappa shape index (κ3) is 3.48. The van der Waals surface area contributed by atoms with Crippen LogP contribution in [-0.4, -0.2) is 40.5 Å². The predicted octanol–water partition coefficient (Wildman–Crippen LogP) is 2.11. The van der Waals surface area contributed by atoms with Crippen LogP contribution in [0.3, 0.4) is 0 Å². The summed E-state index contributed by atoms with van der Waals surface area (Å²) in [6, 6.07) is 6.25. The number of carbonyl (C=O) groups excluding carboxylic acids is 2. The standard InChI is InChI=1S/C17H14F3N5O2/c1-25-8-12(9-2-4-11(5-3-9)17(18,19)20)13(16(25)27)15(26)23-14-10(6-21)7-22-24-14/h2-5,7,12-13H,8H2,1H3,(H2,22,23,24,26)/t12-,13+/m0/s1. The molecule has 0 aliphatic carbocycles. The van der Waals surface area contributed by atoms with Crippen LogP contribution in [0, 0.1) is 17.2 Å². The number of alkyl halides is 3. The van der Waals surface area contributed by atoms with Crippen molar-refractivity contribution >= 4 is 17.6 Å². The normalized spacial score (nSPS) is 19.8. The van der Waals surface area contributed by atoms with Gasteiger partial charge in [-0.1, -0.05) is 12.1 Å². The summed E-state index contributed by atoms with van der Waals surface area (Å²) in [5.41, 5.74) is -0.250. The Kier molecular flexibility index (Phi) is 4.61. The number of hydrogen-bond donors (Lipinski definition) is 2. The molecule has 7 nitrogen and oxygen atoms in total. The van der Waals surface area contributed by atoms with Gasteiger partial charge in [0.05, 0.1) is 11.8 Å². The number of benzene rings is 1. The molecule has 2 aromatic rings. The second kappa shape index (κ2) is 6.75. The number of H-pyrrole nitrogens is 1. The highest BCUT2D eigenvalue weighted by Gasteiger charge is 2.44. The Bertz CT molecular complexity index is 914. The van der Waals surface area contributed by atoms with Crippen LogP contribution in [0.25, 0.3) is 0 Å². The Hall–Kier alpha value is -3.35. The van der Waals surface area contributed by atoms with Gasteiger partial charge in [0, 0.05) is 19.5 Å². The molecule has 27 heavy (non-hydrogen) atoms. The highest BCUT2D eigenvalue weighted by molar-refractivity contribution is 6.08. The van der Waals surface area contributed by atoms with Crippen molar-refractivity contribution in [3.63, 3.8) is 0 Å². The maximum atomic E-state index is 12.7. The Morgan fingerprint density at radius 3 is 2.63 bits per heavy atom. The van der Waals surface area contributed by atoms with Crippen molar-refractivity contribution in [1.29, 1.82) is 5.26 Å². The van der Waals surface area contributed by atoms with Crippen molar-refractivity contribution in [1.82, 2.24) is 15.1 Å². The monoisotopic (exact) mass is 377 g/mol. The van der Waals surface area contributed by atoms with E-state index in [0.29, 0.717) is 5.56 Å². The molecule has 0 spiro atoms. The number of nitrogens with zero attached hydrogens (tertiary/aromatic N) is 3. The van der Waals surface area contributed by atoms with E-state index in [1.807, 2.05) is 6.07 Å². The van der Waals surface area contributed by atoms with Gasteiger partial charge in [-0.15, -0.1) is 0 Å². The SMILES string of the molecule is CN1C[C@@H](c2ccc(C(F)(F)F)cc2)[C@H](C(=O)Nc2[nH]ncc2C#N)C1=O. The summed E-state index contributed by atoms with van der Waals surface area (Å²) in [6.45, 7) is 0.191. The number of anilines is 1. The van der Waals surface area contributed by atoms with Crippen LogP contribution in [-0.2, 0) is 15.8 Å². The number of nitriles is 1. The maximum absolute atomic E-state index is 12.7. The lowest BCUT2D eigenvalue weighted by Gasteiger charge is -2.17. The smallest absolute Gasteiger partial charge is 0.344 e. The molecule has 2 atom stereocenters. The highest BCUT2D eigenvalue weighted by Crippen LogP contribution is 2.36. The molecule has 0 radical (unpaired) electrons. The van der Waals surface area contributed by atoms with E-state index in [1.165, 1.54) is 30.3 Å². The molecule has 0 saturated carbocycles. The van der Waals surface area contributed by atoms with E-state index >= 15 is 0 Å². The number of likely N-dealkylation sites (N-methyl/N-ethyl adjacent to an activating group) is 1. The first-order valence-corrected chi connectivity index (χ1v) is 7.89. The molecule has 1 fully saturated rings. The van der Waals surface area contributed by atoms with Crippen molar-refractivity contribution in [3.8, 4) is 6.07 Å². The maximum Gasteiger partial charge on any atom is 0.416 e. The average molecular weight is 377 g/mol. The van der Waals surface area contributed by atoms with E-state index in [2.05, 4.69) is 15.5 Å². The first kappa shape index (κ1) is 18.4. The number of likely N-dealkylation sites (tertiary alicyclic amines) is 1. The van der Waals surface area contributed by atoms with Gasteiger partial charge in [0.15, 0.2) is 0 Å². The fourth-order valence-corrected chi connectivity index (χ4v) is 3.08. The fraction of sp³-hybridized carbons (Fsp3) is 0.294. The summed E-state index contributed by atoms with van der Waals surface area (Å²) in [5, 5.41) is 17.5. The van der Waals surface area contributed by atoms with Crippen molar-refractivity contribution in [3.05, 3.63) is 47.2 Å². The molecule has 140 valence electrons. The zero-order chi connectivity index (χ0) is 19.8. The minimum Gasteiger partial charge on any atom is -0.344 e. The van der Waals surface area contributed by atoms with Crippen LogP contribution >= 0.6 is 0 Å². The molecule has 3 rings (SSSR count). The minimum atomic E-state index is -4.47. The van der Waals surface area contributed by atoms with E-state index in [9.17, 15) is 22.8 Å². The molecular weight excluding hydrogens is 363 g/mol. The van der Waals surface area contributed by atoms with Gasteiger partial charge in [0.1, 0.15) is 23.4 Å². The molecule has 1 aliphatic rings. The van der Waals surface area contributed by atoms with E-state index in [1.54, 1.807) is 0 Å². The number of carbonyl (C=O) groups is 2. The van der Waals surface area contributed by atoms with Crippen LogP contribution in [0.2, 0.25) is 0 Å². The summed E-state index contributed by atoms with van der Waals surface area (Å²) in [6.07, 6.45) is -3.24. The van der Waals surface area contributed by atoms with Gasteiger partial charge >= 0.3 is 6.18 Å². The lowest BCUT2D eigenvalue weighted by Crippen LogP contribution is -2.33. The van der Waals surface area contributed by atoms with Crippen LogP contribution in [0.15, 0.2) is 30.5 Å². The Balaban J connectivity index is 1.87. The molecular formula is C17H14F3N5O2. The number of aromatic nitrogens is 2. The molecule has 1 aliphatic heterocycles. The molecule has 1 aromatic carbocycles. The number of rotatable bonds is 3. The molecule has 2 heterocycles. The summed E-state index contributed by atoms with van der Waals surface area (Å²) in [5.74, 6) is -2.78. The van der Waals surface area contributed by atoms with E-state index in [0.717, 1.165) is 12.1 Å². The number of halogens is 3. The lowest BCUT2D eigenvalue weighted by molar-refractivity contribution is -0.138. The third-order valence-electron chi connectivity index (χ3n) is 4.47. The molecule has 1 saturated heterocycles. The van der Waals surface area contributed by atoms with Gasteiger partial charge in [-0.25, -0.2) is 0 Å². The van der Waals surface area contributed by atoms with Crippen molar-refractivity contribution in [2.24, 2.45) is 5.92 Å². The lowest BCUT2D eigenvalue weighted by atomic mass is 9.87. The first-order valence-electron chi connectivity index (χ1n) is 7.89. The zero-order valence-corrected chi connectivity index (χ0v) is 14.0. The van der Waals surface area contributed by atoms with Gasteiger partial charge in [0.25, 0.3) is 0 Å². The molecule has 2 N–H and O–H groups in total. The quantitative estimate of drug-likeness (QED) is 0.800. The summed E-state index contributed by atoms with van der Waals surface area (Å²) in [7, 11) is 1.52. The van der Waals surface area contributed by atoms with Gasteiger partial charge in [-0.3, -0.25) is 14.7 Å². The number of amides is 2. The van der Waals surface area contributed by atoms with Crippen LogP contribution < -0.4 is 5.32 Å². The van der Waals surface area contributed by atoms with Gasteiger partial charge in [-0.2, -0.15) is 23.5 Å². The topological polar surface area (TPSA) is 102 Å². The second-order valence-corrected chi connectivity index (χ2v) is 6.18. The zero-order valence-electron chi connectivity index (χ0n) is 14.0. The molecule has 10 heteroatoms. The van der Waals surface area contributed by atoms with Gasteiger partial charge in [-0.05, 0) is 17.7 Å². The fourth-order valence-electron chi connectivity index (χ4n) is 3.08. The Morgan fingerprint density at radius 2 is 2.04 bits per heavy atom.